The summed E-state index contributed by atoms with van der Waals surface area (Å²) in [6.45, 7) is 0.937. The quantitative estimate of drug-likeness (QED) is 0.844. The molecule has 2 aromatic rings. The maximum absolute atomic E-state index is 12.9. The average molecular weight is 298 g/mol. The molecule has 1 atom stereocenters. The molecule has 1 nitrogen and oxygen atoms in total. The van der Waals surface area contributed by atoms with Gasteiger partial charge < -0.3 is 5.32 Å². The first-order valence-corrected chi connectivity index (χ1v) is 7.50. The first-order chi connectivity index (χ1) is 9.17. The summed E-state index contributed by atoms with van der Waals surface area (Å²) >= 11 is 7.59. The zero-order chi connectivity index (χ0) is 13.7. The molecule has 0 amide bonds. The second-order valence-corrected chi connectivity index (χ2v) is 6.46. The van der Waals surface area contributed by atoms with Gasteiger partial charge in [-0.15, -0.1) is 11.3 Å². The molecule has 0 aliphatic rings. The van der Waals surface area contributed by atoms with E-state index >= 15 is 0 Å². The van der Waals surface area contributed by atoms with E-state index in [1.165, 1.54) is 22.6 Å². The van der Waals surface area contributed by atoms with E-state index in [4.69, 9.17) is 11.6 Å². The van der Waals surface area contributed by atoms with Gasteiger partial charge in [-0.25, -0.2) is 4.39 Å². The van der Waals surface area contributed by atoms with Crippen molar-refractivity contribution in [3.05, 3.63) is 57.0 Å². The van der Waals surface area contributed by atoms with Gasteiger partial charge in [0.1, 0.15) is 5.82 Å². The summed E-state index contributed by atoms with van der Waals surface area (Å²) in [4.78, 5) is 1.30. The molecule has 1 N–H and O–H groups in total. The Labute approximate surface area is 122 Å². The fourth-order valence-corrected chi connectivity index (χ4v) is 3.41. The van der Waals surface area contributed by atoms with Gasteiger partial charge in [-0.2, -0.15) is 0 Å². The number of hydrogen-bond acceptors (Lipinski definition) is 2. The molecule has 1 unspecified atom stereocenters. The SMILES string of the molecule is CNCC(Cc1ccc(F)cc1)Cc1ccc(Cl)s1. The van der Waals surface area contributed by atoms with Crippen LogP contribution in [0, 0.1) is 11.7 Å². The largest absolute Gasteiger partial charge is 0.319 e. The van der Waals surface area contributed by atoms with Crippen molar-refractivity contribution in [3.8, 4) is 0 Å². The normalized spacial score (nSPS) is 12.6. The number of benzene rings is 1. The van der Waals surface area contributed by atoms with Crippen molar-refractivity contribution < 1.29 is 4.39 Å². The third-order valence-electron chi connectivity index (χ3n) is 3.05. The maximum atomic E-state index is 12.9. The Kier molecular flexibility index (Phi) is 5.37. The molecule has 1 heterocycles. The molecule has 0 bridgehead atoms. The number of nitrogens with one attached hydrogen (secondary N) is 1. The van der Waals surface area contributed by atoms with E-state index in [0.29, 0.717) is 5.92 Å². The van der Waals surface area contributed by atoms with Gasteiger partial charge in [0, 0.05) is 4.88 Å². The van der Waals surface area contributed by atoms with Gasteiger partial charge in [0.25, 0.3) is 0 Å². The number of hydrogen-bond donors (Lipinski definition) is 1. The van der Waals surface area contributed by atoms with E-state index in [2.05, 4.69) is 11.4 Å². The van der Waals surface area contributed by atoms with Crippen LogP contribution in [0.15, 0.2) is 36.4 Å². The van der Waals surface area contributed by atoms with Crippen LogP contribution in [0.3, 0.4) is 0 Å². The van der Waals surface area contributed by atoms with E-state index < -0.39 is 0 Å². The first-order valence-electron chi connectivity index (χ1n) is 6.30. The van der Waals surface area contributed by atoms with E-state index in [0.717, 1.165) is 23.7 Å². The lowest BCUT2D eigenvalue weighted by Gasteiger charge is -2.15. The van der Waals surface area contributed by atoms with Crippen LogP contribution in [-0.2, 0) is 12.8 Å². The lowest BCUT2D eigenvalue weighted by atomic mass is 9.95. The smallest absolute Gasteiger partial charge is 0.123 e. The van der Waals surface area contributed by atoms with Gasteiger partial charge in [-0.1, -0.05) is 23.7 Å². The van der Waals surface area contributed by atoms with Gasteiger partial charge in [-0.05, 0) is 62.2 Å². The minimum atomic E-state index is -0.182. The van der Waals surface area contributed by atoms with Gasteiger partial charge >= 0.3 is 0 Å². The lowest BCUT2D eigenvalue weighted by molar-refractivity contribution is 0.496. The Balaban J connectivity index is 2.01. The van der Waals surface area contributed by atoms with Gasteiger partial charge in [0.15, 0.2) is 0 Å². The summed E-state index contributed by atoms with van der Waals surface area (Å²) in [7, 11) is 1.96. The van der Waals surface area contributed by atoms with Crippen LogP contribution in [0.1, 0.15) is 10.4 Å². The molecule has 0 radical (unpaired) electrons. The summed E-state index contributed by atoms with van der Waals surface area (Å²) < 4.78 is 13.7. The van der Waals surface area contributed by atoms with Crippen molar-refractivity contribution in [2.45, 2.75) is 12.8 Å². The minimum absolute atomic E-state index is 0.182. The van der Waals surface area contributed by atoms with E-state index in [-0.39, 0.29) is 5.82 Å². The fourth-order valence-electron chi connectivity index (χ4n) is 2.20. The molecule has 0 aliphatic carbocycles. The molecular weight excluding hydrogens is 281 g/mol. The van der Waals surface area contributed by atoms with Crippen molar-refractivity contribution in [1.29, 1.82) is 0 Å². The summed E-state index contributed by atoms with van der Waals surface area (Å²) in [6, 6.07) is 10.8. The highest BCUT2D eigenvalue weighted by molar-refractivity contribution is 7.16. The molecule has 102 valence electrons. The molecular formula is C15H17ClFNS. The zero-order valence-electron chi connectivity index (χ0n) is 10.8. The van der Waals surface area contributed by atoms with Crippen molar-refractivity contribution in [2.24, 2.45) is 5.92 Å². The molecule has 19 heavy (non-hydrogen) atoms. The van der Waals surface area contributed by atoms with Crippen LogP contribution < -0.4 is 5.32 Å². The van der Waals surface area contributed by atoms with Crippen LogP contribution in [0.25, 0.3) is 0 Å². The van der Waals surface area contributed by atoms with Crippen LogP contribution >= 0.6 is 22.9 Å². The molecule has 1 aromatic carbocycles. The predicted molar refractivity (Wildman–Crippen MR) is 80.6 cm³/mol. The van der Waals surface area contributed by atoms with Gasteiger partial charge in [0.2, 0.25) is 0 Å². The second-order valence-electron chi connectivity index (χ2n) is 4.66. The van der Waals surface area contributed by atoms with Crippen LogP contribution in [0.4, 0.5) is 4.39 Å². The monoisotopic (exact) mass is 297 g/mol. The number of rotatable bonds is 6. The van der Waals surface area contributed by atoms with Gasteiger partial charge in [-0.3, -0.25) is 0 Å². The van der Waals surface area contributed by atoms with Crippen molar-refractivity contribution in [3.63, 3.8) is 0 Å². The molecule has 0 aliphatic heterocycles. The summed E-state index contributed by atoms with van der Waals surface area (Å²) in [5.41, 5.74) is 1.17. The molecule has 1 aromatic heterocycles. The minimum Gasteiger partial charge on any atom is -0.319 e. The zero-order valence-corrected chi connectivity index (χ0v) is 12.4. The summed E-state index contributed by atoms with van der Waals surface area (Å²) in [5, 5.41) is 3.22. The average Bonchev–Trinajstić information content (AvgIpc) is 2.78. The molecule has 0 fully saturated rings. The van der Waals surface area contributed by atoms with Crippen LogP contribution in [0.5, 0.6) is 0 Å². The molecule has 0 spiro atoms. The van der Waals surface area contributed by atoms with Crippen molar-refractivity contribution >= 4 is 22.9 Å². The predicted octanol–water partition coefficient (Wildman–Crippen LogP) is 4.16. The highest BCUT2D eigenvalue weighted by atomic mass is 35.5. The van der Waals surface area contributed by atoms with Crippen molar-refractivity contribution in [2.75, 3.05) is 13.6 Å². The fraction of sp³-hybridized carbons (Fsp3) is 0.333. The topological polar surface area (TPSA) is 12.0 Å². The van der Waals surface area contributed by atoms with E-state index in [9.17, 15) is 4.39 Å². The van der Waals surface area contributed by atoms with Crippen molar-refractivity contribution in [1.82, 2.24) is 5.32 Å². The molecule has 0 saturated carbocycles. The lowest BCUT2D eigenvalue weighted by Crippen LogP contribution is -2.22. The molecule has 2 rings (SSSR count). The second kappa shape index (κ2) is 7.04. The first kappa shape index (κ1) is 14.5. The summed E-state index contributed by atoms with van der Waals surface area (Å²) in [5.74, 6) is 0.309. The standard InChI is InChI=1S/C15H17ClFNS/c1-18-10-12(9-14-6-7-15(16)19-14)8-11-2-4-13(17)5-3-11/h2-7,12,18H,8-10H2,1H3. The summed E-state index contributed by atoms with van der Waals surface area (Å²) in [6.07, 6.45) is 1.94. The molecule has 4 heteroatoms. The number of halogens is 2. The molecule has 0 saturated heterocycles. The van der Waals surface area contributed by atoms with Crippen LogP contribution in [0.2, 0.25) is 4.34 Å². The van der Waals surface area contributed by atoms with Crippen LogP contribution in [-0.4, -0.2) is 13.6 Å². The highest BCUT2D eigenvalue weighted by Crippen LogP contribution is 2.25. The Morgan fingerprint density at radius 1 is 1.16 bits per heavy atom. The Bertz CT molecular complexity index is 509. The Morgan fingerprint density at radius 2 is 1.89 bits per heavy atom. The third-order valence-corrected chi connectivity index (χ3v) is 4.30. The van der Waals surface area contributed by atoms with Gasteiger partial charge in [0.05, 0.1) is 4.34 Å². The number of thiophene rings is 1. The Morgan fingerprint density at radius 3 is 2.47 bits per heavy atom. The van der Waals surface area contributed by atoms with E-state index in [1.807, 2.05) is 25.2 Å². The third kappa shape index (κ3) is 4.60. The van der Waals surface area contributed by atoms with E-state index in [1.54, 1.807) is 11.3 Å². The maximum Gasteiger partial charge on any atom is 0.123 e. The Hall–Kier alpha value is -0.900. The highest BCUT2D eigenvalue weighted by Gasteiger charge is 2.11.